The normalized spacial score (nSPS) is 12.0. The third-order valence-electron chi connectivity index (χ3n) is 4.99. The van der Waals surface area contributed by atoms with E-state index in [-0.39, 0.29) is 33.4 Å². The Morgan fingerprint density at radius 3 is 2.39 bits per heavy atom. The van der Waals surface area contributed by atoms with Crippen LogP contribution in [0.5, 0.6) is 5.75 Å². The molecule has 0 aliphatic carbocycles. The van der Waals surface area contributed by atoms with Crippen molar-refractivity contribution in [3.05, 3.63) is 57.9 Å². The van der Waals surface area contributed by atoms with Crippen LogP contribution in [-0.4, -0.2) is 36.6 Å². The summed E-state index contributed by atoms with van der Waals surface area (Å²) in [6, 6.07) is 6.88. The van der Waals surface area contributed by atoms with E-state index in [2.05, 4.69) is 14.4 Å². The van der Waals surface area contributed by atoms with Gasteiger partial charge < -0.3 is 4.18 Å². The molecule has 1 heterocycles. The number of carbonyl (C=O) groups is 1. The largest absolute Gasteiger partial charge is 0.534 e. The highest BCUT2D eigenvalue weighted by molar-refractivity contribution is 7.88. The Morgan fingerprint density at radius 2 is 1.81 bits per heavy atom. The minimum Gasteiger partial charge on any atom is -0.375 e. The van der Waals surface area contributed by atoms with Crippen molar-refractivity contribution in [2.45, 2.75) is 39.1 Å². The number of rotatable bonds is 8. The monoisotopic (exact) mass is 565 g/mol. The minimum absolute atomic E-state index is 0.120. The SMILES string of the molecule is CCCCN(C(=O)c1cccc(Cl)c1F)c1nnc(-c2cc(C)c(OS(=O)(=O)C(F)(F)F)c(C)c2)s1. The third-order valence-corrected chi connectivity index (χ3v) is 7.23. The lowest BCUT2D eigenvalue weighted by Gasteiger charge is -2.19. The molecule has 0 spiro atoms. The summed E-state index contributed by atoms with van der Waals surface area (Å²) >= 11 is 6.83. The summed E-state index contributed by atoms with van der Waals surface area (Å²) in [5, 5.41) is 8.42. The smallest absolute Gasteiger partial charge is 0.375 e. The van der Waals surface area contributed by atoms with Gasteiger partial charge in [0.1, 0.15) is 10.8 Å². The van der Waals surface area contributed by atoms with Gasteiger partial charge in [0.05, 0.1) is 10.6 Å². The van der Waals surface area contributed by atoms with Crippen LogP contribution < -0.4 is 9.08 Å². The molecule has 3 aromatic rings. The van der Waals surface area contributed by atoms with E-state index >= 15 is 0 Å². The quantitative estimate of drug-likeness (QED) is 0.181. The van der Waals surface area contributed by atoms with Crippen LogP contribution in [-0.2, 0) is 10.1 Å². The number of aromatic nitrogens is 2. The number of alkyl halides is 3. The Labute approximate surface area is 213 Å². The maximum atomic E-state index is 14.5. The van der Waals surface area contributed by atoms with Crippen LogP contribution in [0.15, 0.2) is 30.3 Å². The summed E-state index contributed by atoms with van der Waals surface area (Å²) in [6.45, 7) is 4.93. The van der Waals surface area contributed by atoms with Gasteiger partial charge in [0, 0.05) is 12.1 Å². The Bertz CT molecular complexity index is 1370. The molecule has 0 bridgehead atoms. The zero-order chi connectivity index (χ0) is 26.8. The van der Waals surface area contributed by atoms with Gasteiger partial charge in [-0.2, -0.15) is 21.6 Å². The first-order valence-electron chi connectivity index (χ1n) is 10.5. The second-order valence-corrected chi connectivity index (χ2v) is 10.6. The molecule has 0 unspecified atom stereocenters. The molecule has 0 atom stereocenters. The van der Waals surface area contributed by atoms with E-state index in [4.69, 9.17) is 11.6 Å². The number of halogens is 5. The zero-order valence-corrected chi connectivity index (χ0v) is 21.6. The van der Waals surface area contributed by atoms with E-state index in [0.717, 1.165) is 17.8 Å². The summed E-state index contributed by atoms with van der Waals surface area (Å²) in [7, 11) is -5.84. The van der Waals surface area contributed by atoms with Crippen LogP contribution in [0.4, 0.5) is 22.7 Å². The highest BCUT2D eigenvalue weighted by atomic mass is 35.5. The topological polar surface area (TPSA) is 89.5 Å². The van der Waals surface area contributed by atoms with Crippen LogP contribution in [0.3, 0.4) is 0 Å². The number of benzene rings is 2. The second-order valence-electron chi connectivity index (χ2n) is 7.72. The molecule has 0 aliphatic rings. The van der Waals surface area contributed by atoms with Crippen LogP contribution in [0, 0.1) is 19.7 Å². The molecular formula is C22H20ClF4N3O4S2. The molecule has 1 aromatic heterocycles. The maximum Gasteiger partial charge on any atom is 0.534 e. The Balaban J connectivity index is 1.96. The van der Waals surface area contributed by atoms with Gasteiger partial charge in [-0.05, 0) is 55.7 Å². The molecule has 3 rings (SSSR count). The lowest BCUT2D eigenvalue weighted by atomic mass is 10.1. The van der Waals surface area contributed by atoms with Crippen molar-refractivity contribution >= 4 is 44.1 Å². The van der Waals surface area contributed by atoms with Gasteiger partial charge in [-0.1, -0.05) is 42.3 Å². The number of unbranched alkanes of at least 4 members (excludes halogenated alkanes) is 1. The van der Waals surface area contributed by atoms with Crippen molar-refractivity contribution in [1.82, 2.24) is 10.2 Å². The number of hydrogen-bond donors (Lipinski definition) is 0. The van der Waals surface area contributed by atoms with Crippen molar-refractivity contribution < 1.29 is 35.0 Å². The molecular weight excluding hydrogens is 546 g/mol. The minimum atomic E-state index is -5.84. The number of hydrogen-bond acceptors (Lipinski definition) is 7. The van der Waals surface area contributed by atoms with E-state index in [1.54, 1.807) is 0 Å². The number of amides is 1. The first-order valence-corrected chi connectivity index (χ1v) is 13.1. The predicted molar refractivity (Wildman–Crippen MR) is 128 cm³/mol. The van der Waals surface area contributed by atoms with Gasteiger partial charge in [0.2, 0.25) is 5.13 Å². The first kappa shape index (κ1) is 27.8. The second kappa shape index (κ2) is 10.7. The van der Waals surface area contributed by atoms with Gasteiger partial charge in [0.15, 0.2) is 5.82 Å². The van der Waals surface area contributed by atoms with E-state index in [1.807, 2.05) is 6.92 Å². The summed E-state index contributed by atoms with van der Waals surface area (Å²) < 4.78 is 79.9. The summed E-state index contributed by atoms with van der Waals surface area (Å²) in [6.07, 6.45) is 1.34. The van der Waals surface area contributed by atoms with Crippen molar-refractivity contribution in [3.63, 3.8) is 0 Å². The van der Waals surface area contributed by atoms with Crippen molar-refractivity contribution in [3.8, 4) is 16.3 Å². The Hall–Kier alpha value is -2.77. The van der Waals surface area contributed by atoms with Crippen molar-refractivity contribution in [1.29, 1.82) is 0 Å². The molecule has 7 nitrogen and oxygen atoms in total. The molecule has 0 radical (unpaired) electrons. The van der Waals surface area contributed by atoms with E-state index in [1.165, 1.54) is 49.1 Å². The molecule has 0 fully saturated rings. The highest BCUT2D eigenvalue weighted by Gasteiger charge is 2.49. The first-order chi connectivity index (χ1) is 16.8. The highest BCUT2D eigenvalue weighted by Crippen LogP contribution is 2.36. The van der Waals surface area contributed by atoms with Crippen LogP contribution >= 0.6 is 22.9 Å². The fourth-order valence-electron chi connectivity index (χ4n) is 3.22. The van der Waals surface area contributed by atoms with E-state index in [0.29, 0.717) is 17.0 Å². The lowest BCUT2D eigenvalue weighted by Crippen LogP contribution is -2.32. The average molecular weight is 566 g/mol. The summed E-state index contributed by atoms with van der Waals surface area (Å²) in [5.41, 5.74) is -5.14. The van der Waals surface area contributed by atoms with Crippen molar-refractivity contribution in [2.24, 2.45) is 0 Å². The molecule has 0 saturated carbocycles. The Kier molecular flexibility index (Phi) is 8.26. The number of carbonyl (C=O) groups excluding carboxylic acids is 1. The number of aryl methyl sites for hydroxylation is 2. The molecule has 2 aromatic carbocycles. The molecule has 0 aliphatic heterocycles. The fourth-order valence-corrected chi connectivity index (χ4v) is 4.83. The molecule has 1 amide bonds. The van der Waals surface area contributed by atoms with Crippen molar-refractivity contribution in [2.75, 3.05) is 11.4 Å². The fraction of sp³-hybridized carbons (Fsp3) is 0.318. The standard InChI is InChI=1S/C22H20ClF4N3O4S2/c1-4-5-9-30(20(31)15-7-6-8-16(23)17(15)24)21-29-28-19(35-21)14-10-12(2)18(13(3)11-14)34-36(32,33)22(25,26)27/h6-8,10-11H,4-5,9H2,1-3H3. The van der Waals surface area contributed by atoms with Crippen LogP contribution in [0.1, 0.15) is 41.3 Å². The number of nitrogens with zero attached hydrogens (tertiary/aromatic N) is 3. The Morgan fingerprint density at radius 1 is 1.17 bits per heavy atom. The molecule has 14 heteroatoms. The molecule has 0 saturated heterocycles. The lowest BCUT2D eigenvalue weighted by molar-refractivity contribution is -0.0500. The van der Waals surface area contributed by atoms with Gasteiger partial charge in [-0.3, -0.25) is 9.69 Å². The van der Waals surface area contributed by atoms with Gasteiger partial charge in [-0.25, -0.2) is 4.39 Å². The summed E-state index contributed by atoms with van der Waals surface area (Å²) in [4.78, 5) is 14.4. The number of anilines is 1. The molecule has 36 heavy (non-hydrogen) atoms. The van der Waals surface area contributed by atoms with Crippen LogP contribution in [0.25, 0.3) is 10.6 Å². The van der Waals surface area contributed by atoms with Gasteiger partial charge in [0.25, 0.3) is 5.91 Å². The average Bonchev–Trinajstić information content (AvgIpc) is 3.27. The zero-order valence-electron chi connectivity index (χ0n) is 19.2. The third kappa shape index (κ3) is 5.79. The van der Waals surface area contributed by atoms with Gasteiger partial charge in [-0.15, -0.1) is 10.2 Å². The van der Waals surface area contributed by atoms with Crippen LogP contribution in [0.2, 0.25) is 5.02 Å². The molecule has 194 valence electrons. The molecule has 0 N–H and O–H groups in total. The predicted octanol–water partition coefficient (Wildman–Crippen LogP) is 6.29. The van der Waals surface area contributed by atoms with E-state index in [9.17, 15) is 30.8 Å². The van der Waals surface area contributed by atoms with E-state index < -0.39 is 33.1 Å². The van der Waals surface area contributed by atoms with Gasteiger partial charge >= 0.3 is 15.6 Å². The summed E-state index contributed by atoms with van der Waals surface area (Å²) in [5.74, 6) is -1.96. The maximum absolute atomic E-state index is 14.5.